The summed E-state index contributed by atoms with van der Waals surface area (Å²) in [6.45, 7) is 0. The minimum atomic E-state index is -0.611. The summed E-state index contributed by atoms with van der Waals surface area (Å²) in [5.41, 5.74) is 0. The lowest BCUT2D eigenvalue weighted by molar-refractivity contribution is 0.690. The standard InChI is InChI=1S/C2H6OS.9H2O/c1-4(2)3;;;;;;;;;/h1-2H3;9*1H2. The molecule has 0 aliphatic rings. The molecule has 0 fully saturated rings. The average Bonchev–Trinajstić information content (AvgIpc) is 0.811. The highest BCUT2D eigenvalue weighted by Crippen LogP contribution is 1.47. The summed E-state index contributed by atoms with van der Waals surface area (Å²) in [4.78, 5) is 0. The van der Waals surface area contributed by atoms with Gasteiger partial charge in [-0.25, -0.2) is 0 Å². The zero-order chi connectivity index (χ0) is 3.58. The van der Waals surface area contributed by atoms with E-state index in [0.29, 0.717) is 0 Å². The van der Waals surface area contributed by atoms with Crippen molar-refractivity contribution >= 4 is 10.8 Å². The number of rotatable bonds is 0. The molecule has 0 radical (unpaired) electrons. The fourth-order valence-corrected chi connectivity index (χ4v) is 0. The molecule has 11 heteroatoms. The van der Waals surface area contributed by atoms with Crippen LogP contribution < -0.4 is 0 Å². The minimum absolute atomic E-state index is 0. The van der Waals surface area contributed by atoms with Crippen LogP contribution in [-0.2, 0) is 10.8 Å². The van der Waals surface area contributed by atoms with Crippen LogP contribution in [-0.4, -0.2) is 66.0 Å². The van der Waals surface area contributed by atoms with E-state index in [1.165, 1.54) is 0 Å². The molecule has 0 unspecified atom stereocenters. The van der Waals surface area contributed by atoms with Crippen LogP contribution in [0.3, 0.4) is 0 Å². The maximum atomic E-state index is 9.56. The molecule has 0 aliphatic carbocycles. The van der Waals surface area contributed by atoms with Gasteiger partial charge in [0.2, 0.25) is 0 Å². The van der Waals surface area contributed by atoms with Gasteiger partial charge >= 0.3 is 0 Å². The van der Waals surface area contributed by atoms with Crippen molar-refractivity contribution < 1.29 is 53.5 Å². The molecule has 0 amide bonds. The SMILES string of the molecule is CS(C)=O.O.O.O.O.O.O.O.O.O. The van der Waals surface area contributed by atoms with Gasteiger partial charge in [0.25, 0.3) is 0 Å². The van der Waals surface area contributed by atoms with Crippen molar-refractivity contribution in [2.75, 3.05) is 12.5 Å². The van der Waals surface area contributed by atoms with Crippen LogP contribution >= 0.6 is 0 Å². The highest BCUT2D eigenvalue weighted by atomic mass is 32.2. The first-order chi connectivity index (χ1) is 1.73. The molecule has 0 aliphatic heterocycles. The van der Waals surface area contributed by atoms with E-state index in [4.69, 9.17) is 0 Å². The predicted molar refractivity (Wildman–Crippen MR) is 52.5 cm³/mol. The molecule has 0 rings (SSSR count). The average molecular weight is 240 g/mol. The van der Waals surface area contributed by atoms with Gasteiger partial charge < -0.3 is 49.3 Å². The van der Waals surface area contributed by atoms with Gasteiger partial charge in [-0.3, -0.25) is 4.21 Å². The third kappa shape index (κ3) is 25600. The van der Waals surface area contributed by atoms with E-state index in [9.17, 15) is 4.21 Å². The van der Waals surface area contributed by atoms with Crippen molar-refractivity contribution in [2.24, 2.45) is 0 Å². The fraction of sp³-hybridized carbons (Fsp3) is 1.00. The van der Waals surface area contributed by atoms with Crippen molar-refractivity contribution in [3.8, 4) is 0 Å². The first-order valence-electron chi connectivity index (χ1n) is 0.983. The second-order valence-electron chi connectivity index (χ2n) is 0.742. The molecule has 0 bridgehead atoms. The third-order valence-corrected chi connectivity index (χ3v) is 0. The Morgan fingerprint density at radius 1 is 0.538 bits per heavy atom. The van der Waals surface area contributed by atoms with Crippen LogP contribution in [0.15, 0.2) is 0 Å². The quantitative estimate of drug-likeness (QED) is 0.391. The second-order valence-corrected chi connectivity index (χ2v) is 2.22. The van der Waals surface area contributed by atoms with Gasteiger partial charge in [-0.05, 0) is 0 Å². The molecule has 0 aromatic rings. The Bertz CT molecular complexity index is 35.9. The summed E-state index contributed by atoms with van der Waals surface area (Å²) >= 11 is 0. The Labute approximate surface area is 77.8 Å². The smallest absolute Gasteiger partial charge is 0.0148 e. The first-order valence-corrected chi connectivity index (χ1v) is 2.95. The summed E-state index contributed by atoms with van der Waals surface area (Å²) in [6, 6.07) is 0. The number of hydrogen-bond donors (Lipinski definition) is 0. The van der Waals surface area contributed by atoms with Gasteiger partial charge in [0, 0.05) is 23.3 Å². The van der Waals surface area contributed by atoms with Crippen LogP contribution in [0.2, 0.25) is 0 Å². The van der Waals surface area contributed by atoms with Crippen LogP contribution in [0, 0.1) is 0 Å². The van der Waals surface area contributed by atoms with E-state index >= 15 is 0 Å². The molecule has 10 nitrogen and oxygen atoms in total. The minimum Gasteiger partial charge on any atom is -0.412 e. The summed E-state index contributed by atoms with van der Waals surface area (Å²) in [6.07, 6.45) is 3.28. The van der Waals surface area contributed by atoms with Gasteiger partial charge in [0.1, 0.15) is 0 Å². The Morgan fingerprint density at radius 3 is 0.538 bits per heavy atom. The Kier molecular flexibility index (Phi) is 3100. The lowest BCUT2D eigenvalue weighted by atomic mass is 11.9. The Morgan fingerprint density at radius 2 is 0.538 bits per heavy atom. The topological polar surface area (TPSA) is 301 Å². The van der Waals surface area contributed by atoms with Crippen LogP contribution in [0.1, 0.15) is 0 Å². The van der Waals surface area contributed by atoms with Gasteiger partial charge in [-0.1, -0.05) is 0 Å². The van der Waals surface area contributed by atoms with E-state index in [0.717, 1.165) is 0 Å². The fourth-order valence-electron chi connectivity index (χ4n) is 0. The van der Waals surface area contributed by atoms with E-state index in [2.05, 4.69) is 0 Å². The molecule has 0 aromatic heterocycles. The zero-order valence-corrected chi connectivity index (χ0v) is 8.13. The molecular formula is C2H24O10S. The molecule has 0 atom stereocenters. The Balaban J connectivity index is -0.00000000125. The van der Waals surface area contributed by atoms with Crippen molar-refractivity contribution in [3.63, 3.8) is 0 Å². The highest BCUT2D eigenvalue weighted by molar-refractivity contribution is 7.83. The van der Waals surface area contributed by atoms with E-state index in [-0.39, 0.29) is 49.3 Å². The van der Waals surface area contributed by atoms with Gasteiger partial charge in [0.15, 0.2) is 0 Å². The molecule has 0 saturated carbocycles. The lowest BCUT2D eigenvalue weighted by Gasteiger charge is -1.60. The van der Waals surface area contributed by atoms with Gasteiger partial charge in [0.05, 0.1) is 0 Å². The van der Waals surface area contributed by atoms with Crippen molar-refractivity contribution in [1.29, 1.82) is 0 Å². The van der Waals surface area contributed by atoms with Crippen molar-refractivity contribution in [2.45, 2.75) is 0 Å². The molecule has 18 N–H and O–H groups in total. The largest absolute Gasteiger partial charge is 0.412 e. The van der Waals surface area contributed by atoms with E-state index in [1.54, 1.807) is 12.5 Å². The number of hydrogen-bond acceptors (Lipinski definition) is 1. The normalized spacial score (nSPS) is 2.69. The van der Waals surface area contributed by atoms with Crippen LogP contribution in [0.25, 0.3) is 0 Å². The summed E-state index contributed by atoms with van der Waals surface area (Å²) in [5.74, 6) is 0. The summed E-state index contributed by atoms with van der Waals surface area (Å²) in [7, 11) is -0.611. The predicted octanol–water partition coefficient (Wildman–Crippen LogP) is -7.43. The van der Waals surface area contributed by atoms with Gasteiger partial charge in [-0.2, -0.15) is 0 Å². The lowest BCUT2D eigenvalue weighted by Crippen LogP contribution is -1.70. The molecule has 0 aromatic carbocycles. The molecule has 0 saturated heterocycles. The molecule has 13 heavy (non-hydrogen) atoms. The molecule has 0 heterocycles. The maximum absolute atomic E-state index is 9.56. The first kappa shape index (κ1) is 228. The molecule has 98 valence electrons. The van der Waals surface area contributed by atoms with E-state index in [1.807, 2.05) is 0 Å². The van der Waals surface area contributed by atoms with Gasteiger partial charge in [-0.15, -0.1) is 0 Å². The summed E-state index contributed by atoms with van der Waals surface area (Å²) in [5, 5.41) is 0. The molecular weight excluding hydrogens is 216 g/mol. The monoisotopic (exact) mass is 240 g/mol. The highest BCUT2D eigenvalue weighted by Gasteiger charge is 1.57. The zero-order valence-electron chi connectivity index (χ0n) is 7.32. The Hall–Kier alpha value is -0.210. The second kappa shape index (κ2) is 176. The van der Waals surface area contributed by atoms with Crippen LogP contribution in [0.4, 0.5) is 0 Å². The van der Waals surface area contributed by atoms with E-state index < -0.39 is 10.8 Å². The van der Waals surface area contributed by atoms with Crippen LogP contribution in [0.5, 0.6) is 0 Å². The van der Waals surface area contributed by atoms with Crippen molar-refractivity contribution in [1.82, 2.24) is 0 Å². The molecule has 0 spiro atoms. The van der Waals surface area contributed by atoms with Crippen molar-refractivity contribution in [3.05, 3.63) is 0 Å². The third-order valence-electron chi connectivity index (χ3n) is 0. The summed E-state index contributed by atoms with van der Waals surface area (Å²) < 4.78 is 9.56. The maximum Gasteiger partial charge on any atom is 0.0148 e.